The molecule has 0 spiro atoms. The van der Waals surface area contributed by atoms with Gasteiger partial charge >= 0.3 is 11.9 Å². The lowest BCUT2D eigenvalue weighted by Gasteiger charge is -2.20. The van der Waals surface area contributed by atoms with Crippen LogP contribution in [0, 0.1) is 23.7 Å². The third-order valence-electron chi connectivity index (χ3n) is 5.12. The molecular formula is C30H32Br2O4S. The summed E-state index contributed by atoms with van der Waals surface area (Å²) in [6, 6.07) is 14.9. The van der Waals surface area contributed by atoms with E-state index in [1.54, 1.807) is 23.9 Å². The molecule has 2 rings (SSSR count). The molecule has 2 aromatic rings. The van der Waals surface area contributed by atoms with Gasteiger partial charge in [-0.15, -0.1) is 23.6 Å². The fourth-order valence-electron chi connectivity index (χ4n) is 3.25. The number of hydrogen-bond acceptors (Lipinski definition) is 5. The predicted octanol–water partition coefficient (Wildman–Crippen LogP) is 8.19. The van der Waals surface area contributed by atoms with Crippen molar-refractivity contribution in [2.24, 2.45) is 0 Å². The third-order valence-corrected chi connectivity index (χ3v) is 7.32. The Bertz CT molecular complexity index is 1050. The van der Waals surface area contributed by atoms with E-state index in [0.29, 0.717) is 11.5 Å². The van der Waals surface area contributed by atoms with Crippen LogP contribution in [0.3, 0.4) is 0 Å². The molecule has 0 aromatic heterocycles. The predicted molar refractivity (Wildman–Crippen MR) is 159 cm³/mol. The molecule has 2 aromatic carbocycles. The molecule has 0 N–H and O–H groups in total. The van der Waals surface area contributed by atoms with Crippen molar-refractivity contribution in [3.8, 4) is 35.2 Å². The van der Waals surface area contributed by atoms with Crippen LogP contribution in [-0.2, 0) is 9.59 Å². The van der Waals surface area contributed by atoms with Crippen LogP contribution in [-0.4, -0.2) is 22.6 Å². The van der Waals surface area contributed by atoms with Crippen LogP contribution in [0.4, 0.5) is 0 Å². The number of benzene rings is 2. The number of carbonyl (C=O) groups is 2. The van der Waals surface area contributed by atoms with Crippen molar-refractivity contribution in [3.05, 3.63) is 59.7 Å². The van der Waals surface area contributed by atoms with Crippen LogP contribution >= 0.6 is 43.6 Å². The normalized spacial score (nSPS) is 11.8. The van der Waals surface area contributed by atoms with E-state index in [4.69, 9.17) is 9.47 Å². The Morgan fingerprint density at radius 2 is 1.16 bits per heavy atom. The van der Waals surface area contributed by atoms with Crippen molar-refractivity contribution in [1.82, 2.24) is 0 Å². The first-order valence-electron chi connectivity index (χ1n) is 12.4. The monoisotopic (exact) mass is 646 g/mol. The van der Waals surface area contributed by atoms with Crippen molar-refractivity contribution >= 4 is 55.6 Å². The second-order valence-corrected chi connectivity index (χ2v) is 10.4. The van der Waals surface area contributed by atoms with Gasteiger partial charge in [-0.1, -0.05) is 107 Å². The highest BCUT2D eigenvalue weighted by Crippen LogP contribution is 2.45. The topological polar surface area (TPSA) is 52.6 Å². The molecule has 0 heterocycles. The maximum Gasteiger partial charge on any atom is 0.321 e. The number of rotatable bonds is 12. The smallest absolute Gasteiger partial charge is 0.321 e. The first-order valence-corrected chi connectivity index (χ1v) is 15.6. The van der Waals surface area contributed by atoms with Crippen molar-refractivity contribution in [2.45, 2.75) is 62.9 Å². The van der Waals surface area contributed by atoms with E-state index in [1.807, 2.05) is 36.4 Å². The fraction of sp³-hybridized carbons (Fsp3) is 0.400. The van der Waals surface area contributed by atoms with Crippen LogP contribution < -0.4 is 9.47 Å². The lowest BCUT2D eigenvalue weighted by Crippen LogP contribution is -2.12. The van der Waals surface area contributed by atoms with E-state index < -0.39 is 0 Å². The molecule has 4 nitrogen and oxygen atoms in total. The number of unbranched alkanes of at least 4 members (excludes halogenated alkanes) is 4. The van der Waals surface area contributed by atoms with Crippen LogP contribution in [0.1, 0.15) is 74.0 Å². The number of carbonyl (C=O) groups excluding carboxylic acids is 2. The zero-order chi connectivity index (χ0) is 26.9. The van der Waals surface area contributed by atoms with E-state index in [9.17, 15) is 9.59 Å². The maximum absolute atomic E-state index is 12.1. The summed E-state index contributed by atoms with van der Waals surface area (Å²) in [5.74, 6) is 13.6. The molecule has 0 fully saturated rings. The number of para-hydroxylation sites is 2. The van der Waals surface area contributed by atoms with Crippen molar-refractivity contribution in [2.75, 3.05) is 10.7 Å². The Morgan fingerprint density at radius 3 is 1.54 bits per heavy atom. The molecule has 0 bridgehead atoms. The molecule has 196 valence electrons. The molecule has 0 amide bonds. The fourth-order valence-corrected chi connectivity index (χ4v) is 4.73. The highest BCUT2D eigenvalue weighted by Gasteiger charge is 2.24. The van der Waals surface area contributed by atoms with E-state index in [0.717, 1.165) is 49.7 Å². The Kier molecular flexibility index (Phi) is 15.2. The standard InChI is InChI=1S/C30H32Br2O4S/c1-3-5-7-9-19-27(23-15-11-13-17-25(23)35-29(33)21-31)37-28(20-10-8-6-4-2)24-16-12-14-18-26(24)36-30(34)22-32/h11-18,27-28H,3-8,21-22H2,1-2H3. The van der Waals surface area contributed by atoms with Crippen molar-refractivity contribution < 1.29 is 19.1 Å². The van der Waals surface area contributed by atoms with Crippen molar-refractivity contribution in [1.29, 1.82) is 0 Å². The average Bonchev–Trinajstić information content (AvgIpc) is 2.92. The summed E-state index contributed by atoms with van der Waals surface area (Å²) in [6.45, 7) is 4.27. The number of halogens is 2. The number of thioether (sulfide) groups is 1. The largest absolute Gasteiger partial charge is 0.426 e. The van der Waals surface area contributed by atoms with Gasteiger partial charge in [-0.05, 0) is 25.0 Å². The van der Waals surface area contributed by atoms with Gasteiger partial charge in [-0.3, -0.25) is 9.59 Å². The minimum Gasteiger partial charge on any atom is -0.426 e. The number of ether oxygens (including phenoxy) is 2. The average molecular weight is 648 g/mol. The summed E-state index contributed by atoms with van der Waals surface area (Å²) in [5, 5.41) is -0.443. The minimum atomic E-state index is -0.377. The summed E-state index contributed by atoms with van der Waals surface area (Å²) < 4.78 is 11.2. The molecule has 2 unspecified atom stereocenters. The Morgan fingerprint density at radius 1 is 0.757 bits per heavy atom. The van der Waals surface area contributed by atoms with Crippen LogP contribution in [0.5, 0.6) is 11.5 Å². The number of esters is 2. The Hall–Kier alpha value is -2.19. The summed E-state index contributed by atoms with van der Waals surface area (Å²) >= 11 is 7.89. The molecule has 7 heteroatoms. The summed E-state index contributed by atoms with van der Waals surface area (Å²) in [6.07, 6.45) is 5.70. The molecule has 0 saturated carbocycles. The minimum absolute atomic E-state index is 0.0964. The van der Waals surface area contributed by atoms with Gasteiger partial charge in [0.2, 0.25) is 0 Å². The second-order valence-electron chi connectivity index (χ2n) is 8.04. The molecule has 0 radical (unpaired) electrons. The maximum atomic E-state index is 12.1. The third kappa shape index (κ3) is 11.0. The van der Waals surface area contributed by atoms with E-state index in [1.165, 1.54) is 0 Å². The SMILES string of the molecule is CCCCC#CC(SC(C#CCCCC)c1ccccc1OC(=O)CBr)c1ccccc1OC(=O)CBr. The Labute approximate surface area is 241 Å². The number of alkyl halides is 2. The first kappa shape index (κ1) is 31.0. The zero-order valence-corrected chi connectivity index (χ0v) is 25.2. The molecule has 37 heavy (non-hydrogen) atoms. The molecule has 0 aliphatic rings. The van der Waals surface area contributed by atoms with Crippen molar-refractivity contribution in [3.63, 3.8) is 0 Å². The molecule has 0 aliphatic heterocycles. The lowest BCUT2D eigenvalue weighted by molar-refractivity contribution is -0.132. The highest BCUT2D eigenvalue weighted by molar-refractivity contribution is 9.09. The Balaban J connectivity index is 2.54. The summed E-state index contributed by atoms with van der Waals surface area (Å²) in [7, 11) is 0. The summed E-state index contributed by atoms with van der Waals surface area (Å²) in [5.41, 5.74) is 1.61. The first-order chi connectivity index (χ1) is 18.0. The quantitative estimate of drug-likeness (QED) is 0.0764. The van der Waals surface area contributed by atoms with E-state index in [-0.39, 0.29) is 33.1 Å². The van der Waals surface area contributed by atoms with Gasteiger partial charge in [0, 0.05) is 24.0 Å². The van der Waals surface area contributed by atoms with Crippen LogP contribution in [0.2, 0.25) is 0 Å². The molecule has 2 atom stereocenters. The van der Waals surface area contributed by atoms with Gasteiger partial charge in [-0.25, -0.2) is 0 Å². The van der Waals surface area contributed by atoms with Gasteiger partial charge in [-0.2, -0.15) is 0 Å². The van der Waals surface area contributed by atoms with Gasteiger partial charge in [0.1, 0.15) is 22.2 Å². The summed E-state index contributed by atoms with van der Waals surface area (Å²) in [4.78, 5) is 24.2. The zero-order valence-electron chi connectivity index (χ0n) is 21.2. The van der Waals surface area contributed by atoms with Crippen LogP contribution in [0.25, 0.3) is 0 Å². The second kappa shape index (κ2) is 18.1. The molecule has 0 saturated heterocycles. The van der Waals surface area contributed by atoms with E-state index >= 15 is 0 Å². The molecule has 0 aliphatic carbocycles. The highest BCUT2D eigenvalue weighted by atomic mass is 79.9. The van der Waals surface area contributed by atoms with Gasteiger partial charge < -0.3 is 9.47 Å². The van der Waals surface area contributed by atoms with Gasteiger partial charge in [0.25, 0.3) is 0 Å². The number of hydrogen-bond donors (Lipinski definition) is 0. The molecular weight excluding hydrogens is 616 g/mol. The van der Waals surface area contributed by atoms with Crippen LogP contribution in [0.15, 0.2) is 48.5 Å². The van der Waals surface area contributed by atoms with Gasteiger partial charge in [0.15, 0.2) is 0 Å². The van der Waals surface area contributed by atoms with E-state index in [2.05, 4.69) is 69.4 Å². The lowest BCUT2D eigenvalue weighted by atomic mass is 10.1. The van der Waals surface area contributed by atoms with Gasteiger partial charge in [0.05, 0.1) is 10.5 Å².